The van der Waals surface area contributed by atoms with Gasteiger partial charge in [0, 0.05) is 35.8 Å². The average Bonchev–Trinajstić information content (AvgIpc) is 2.64. The van der Waals surface area contributed by atoms with Gasteiger partial charge in [-0.25, -0.2) is 0 Å². The number of piperidine rings is 2. The lowest BCUT2D eigenvalue weighted by atomic mass is 9.94. The molecule has 0 bridgehead atoms. The molecule has 0 aliphatic carbocycles. The Balaban J connectivity index is 1.59. The zero-order valence-corrected chi connectivity index (χ0v) is 15.4. The molecule has 1 aromatic rings. The average molecular weight is 364 g/mol. The molecule has 3 rings (SSSR count). The van der Waals surface area contributed by atoms with Gasteiger partial charge in [-0.3, -0.25) is 9.59 Å². The van der Waals surface area contributed by atoms with Crippen molar-refractivity contribution >= 4 is 23.4 Å². The molecule has 2 saturated heterocycles. The van der Waals surface area contributed by atoms with Crippen molar-refractivity contribution in [2.75, 3.05) is 19.6 Å². The number of nitrogens with zero attached hydrogens (tertiary/aromatic N) is 1. The van der Waals surface area contributed by atoms with Gasteiger partial charge in [0.1, 0.15) is 0 Å². The van der Waals surface area contributed by atoms with E-state index in [2.05, 4.69) is 17.6 Å². The van der Waals surface area contributed by atoms with Crippen molar-refractivity contribution < 1.29 is 9.59 Å². The lowest BCUT2D eigenvalue weighted by Crippen LogP contribution is -2.54. The molecule has 5 nitrogen and oxygen atoms in total. The van der Waals surface area contributed by atoms with Crippen LogP contribution in [0.2, 0.25) is 5.02 Å². The molecule has 0 spiro atoms. The zero-order valence-electron chi connectivity index (χ0n) is 14.6. The first kappa shape index (κ1) is 18.2. The molecule has 6 heteroatoms. The van der Waals surface area contributed by atoms with Crippen LogP contribution in [0.1, 0.15) is 43.0 Å². The Labute approximate surface area is 154 Å². The van der Waals surface area contributed by atoms with E-state index in [4.69, 9.17) is 11.6 Å². The fraction of sp³-hybridized carbons (Fsp3) is 0.579. The van der Waals surface area contributed by atoms with E-state index in [9.17, 15) is 9.59 Å². The van der Waals surface area contributed by atoms with E-state index in [-0.39, 0.29) is 23.8 Å². The highest BCUT2D eigenvalue weighted by Crippen LogP contribution is 2.20. The predicted molar refractivity (Wildman–Crippen MR) is 98.7 cm³/mol. The first-order chi connectivity index (χ1) is 12.0. The number of halogens is 1. The Morgan fingerprint density at radius 3 is 2.68 bits per heavy atom. The summed E-state index contributed by atoms with van der Waals surface area (Å²) in [5, 5.41) is 7.21. The number of hydrogen-bond acceptors (Lipinski definition) is 3. The van der Waals surface area contributed by atoms with Gasteiger partial charge in [-0.05, 0) is 63.4 Å². The van der Waals surface area contributed by atoms with Gasteiger partial charge in [0.2, 0.25) is 5.91 Å². The normalized spacial score (nSPS) is 27.0. The summed E-state index contributed by atoms with van der Waals surface area (Å²) >= 11 is 5.89. The molecule has 2 amide bonds. The molecular weight excluding hydrogens is 338 g/mol. The summed E-state index contributed by atoms with van der Waals surface area (Å²) < 4.78 is 0. The minimum atomic E-state index is -0.126. The molecule has 1 aromatic carbocycles. The number of hydrogen-bond donors (Lipinski definition) is 2. The maximum Gasteiger partial charge on any atom is 0.253 e. The highest BCUT2D eigenvalue weighted by molar-refractivity contribution is 6.30. The van der Waals surface area contributed by atoms with Crippen LogP contribution in [0.4, 0.5) is 0 Å². The van der Waals surface area contributed by atoms with Gasteiger partial charge < -0.3 is 15.5 Å². The molecular formula is C19H26ClN3O2. The number of carbonyl (C=O) groups is 2. The first-order valence-electron chi connectivity index (χ1n) is 9.13. The van der Waals surface area contributed by atoms with Crippen molar-refractivity contribution in [1.29, 1.82) is 0 Å². The molecule has 2 heterocycles. The van der Waals surface area contributed by atoms with Gasteiger partial charge in [-0.1, -0.05) is 11.6 Å². The highest BCUT2D eigenvalue weighted by Gasteiger charge is 2.31. The largest absolute Gasteiger partial charge is 0.352 e. The van der Waals surface area contributed by atoms with Gasteiger partial charge in [0.05, 0.1) is 5.92 Å². The van der Waals surface area contributed by atoms with Crippen LogP contribution in [0.25, 0.3) is 0 Å². The number of carbonyl (C=O) groups excluding carboxylic acids is 2. The molecule has 3 atom stereocenters. The minimum Gasteiger partial charge on any atom is -0.352 e. The summed E-state index contributed by atoms with van der Waals surface area (Å²) in [6.45, 7) is 4.32. The number of rotatable bonds is 3. The maximum absolute atomic E-state index is 12.7. The van der Waals surface area contributed by atoms with Gasteiger partial charge in [0.15, 0.2) is 0 Å². The van der Waals surface area contributed by atoms with Crippen molar-refractivity contribution in [2.45, 2.75) is 44.7 Å². The van der Waals surface area contributed by atoms with Crippen LogP contribution in [0.5, 0.6) is 0 Å². The van der Waals surface area contributed by atoms with E-state index in [1.165, 1.54) is 0 Å². The van der Waals surface area contributed by atoms with E-state index in [0.29, 0.717) is 29.7 Å². The second-order valence-corrected chi connectivity index (χ2v) is 7.53. The van der Waals surface area contributed by atoms with Gasteiger partial charge >= 0.3 is 0 Å². The molecule has 2 N–H and O–H groups in total. The summed E-state index contributed by atoms with van der Waals surface area (Å²) in [6.07, 6.45) is 3.79. The van der Waals surface area contributed by atoms with Crippen molar-refractivity contribution in [2.24, 2.45) is 5.92 Å². The molecule has 2 fully saturated rings. The number of benzene rings is 1. The molecule has 136 valence electrons. The summed E-state index contributed by atoms with van der Waals surface area (Å²) in [7, 11) is 0. The Morgan fingerprint density at radius 2 is 1.96 bits per heavy atom. The van der Waals surface area contributed by atoms with Crippen LogP contribution in [0, 0.1) is 5.92 Å². The quantitative estimate of drug-likeness (QED) is 0.867. The summed E-state index contributed by atoms with van der Waals surface area (Å²) in [5.74, 6) is -0.0739. The van der Waals surface area contributed by atoms with Crippen molar-refractivity contribution in [3.8, 4) is 0 Å². The summed E-state index contributed by atoms with van der Waals surface area (Å²) in [4.78, 5) is 27.1. The fourth-order valence-electron chi connectivity index (χ4n) is 3.69. The molecule has 25 heavy (non-hydrogen) atoms. The molecule has 3 unspecified atom stereocenters. The van der Waals surface area contributed by atoms with Crippen LogP contribution < -0.4 is 10.6 Å². The topological polar surface area (TPSA) is 61.4 Å². The summed E-state index contributed by atoms with van der Waals surface area (Å²) in [6, 6.07) is 7.41. The van der Waals surface area contributed by atoms with Crippen LogP contribution in [-0.2, 0) is 4.79 Å². The Morgan fingerprint density at radius 1 is 1.20 bits per heavy atom. The first-order valence-corrected chi connectivity index (χ1v) is 9.51. The maximum atomic E-state index is 12.7. The smallest absolute Gasteiger partial charge is 0.253 e. The SMILES string of the molecule is CC1NCCCC1NC(=O)C1CCCN(C(=O)c2ccc(Cl)cc2)C1. The highest BCUT2D eigenvalue weighted by atomic mass is 35.5. The standard InChI is InChI=1S/C19H26ClN3O2/c1-13-17(5-2-10-21-13)22-18(24)15-4-3-11-23(12-15)19(25)14-6-8-16(20)9-7-14/h6-9,13,15,17,21H,2-5,10-12H2,1H3,(H,22,24). The summed E-state index contributed by atoms with van der Waals surface area (Å²) in [5.41, 5.74) is 0.621. The van der Waals surface area contributed by atoms with E-state index in [1.54, 1.807) is 29.2 Å². The second-order valence-electron chi connectivity index (χ2n) is 7.10. The molecule has 2 aliphatic heterocycles. The number of amides is 2. The van der Waals surface area contributed by atoms with E-state index >= 15 is 0 Å². The van der Waals surface area contributed by atoms with E-state index < -0.39 is 0 Å². The lowest BCUT2D eigenvalue weighted by molar-refractivity contribution is -0.127. The molecule has 0 saturated carbocycles. The third kappa shape index (κ3) is 4.53. The van der Waals surface area contributed by atoms with Crippen LogP contribution >= 0.6 is 11.6 Å². The van der Waals surface area contributed by atoms with E-state index in [0.717, 1.165) is 32.2 Å². The molecule has 2 aliphatic rings. The number of nitrogens with one attached hydrogen (secondary N) is 2. The predicted octanol–water partition coefficient (Wildman–Crippen LogP) is 2.45. The monoisotopic (exact) mass is 363 g/mol. The fourth-order valence-corrected chi connectivity index (χ4v) is 3.82. The Bertz CT molecular complexity index is 620. The van der Waals surface area contributed by atoms with Gasteiger partial charge in [-0.15, -0.1) is 0 Å². The van der Waals surface area contributed by atoms with Gasteiger partial charge in [-0.2, -0.15) is 0 Å². The Kier molecular flexibility index (Phi) is 5.97. The van der Waals surface area contributed by atoms with Crippen LogP contribution in [0.15, 0.2) is 24.3 Å². The second kappa shape index (κ2) is 8.19. The van der Waals surface area contributed by atoms with Crippen molar-refractivity contribution in [3.05, 3.63) is 34.9 Å². The van der Waals surface area contributed by atoms with Crippen LogP contribution in [0.3, 0.4) is 0 Å². The zero-order chi connectivity index (χ0) is 17.8. The van der Waals surface area contributed by atoms with Gasteiger partial charge in [0.25, 0.3) is 5.91 Å². The lowest BCUT2D eigenvalue weighted by Gasteiger charge is -2.35. The third-order valence-corrected chi connectivity index (χ3v) is 5.51. The molecule has 0 aromatic heterocycles. The Hall–Kier alpha value is -1.59. The number of likely N-dealkylation sites (tertiary alicyclic amines) is 1. The molecule has 0 radical (unpaired) electrons. The van der Waals surface area contributed by atoms with Crippen molar-refractivity contribution in [1.82, 2.24) is 15.5 Å². The van der Waals surface area contributed by atoms with Crippen LogP contribution in [-0.4, -0.2) is 48.4 Å². The van der Waals surface area contributed by atoms with E-state index in [1.807, 2.05) is 0 Å². The minimum absolute atomic E-state index is 0.0260. The van der Waals surface area contributed by atoms with Crippen molar-refractivity contribution in [3.63, 3.8) is 0 Å². The third-order valence-electron chi connectivity index (χ3n) is 5.26.